The summed E-state index contributed by atoms with van der Waals surface area (Å²) in [5, 5.41) is 4.72. The summed E-state index contributed by atoms with van der Waals surface area (Å²) < 4.78 is 5.96. The summed E-state index contributed by atoms with van der Waals surface area (Å²) in [4.78, 5) is 8.50. The summed E-state index contributed by atoms with van der Waals surface area (Å²) in [7, 11) is 0. The Hall–Kier alpha value is -0.650. The number of aromatic nitrogens is 1. The van der Waals surface area contributed by atoms with E-state index in [1.54, 1.807) is 0 Å². The van der Waals surface area contributed by atoms with Crippen molar-refractivity contribution in [3.05, 3.63) is 11.1 Å². The fourth-order valence-corrected chi connectivity index (χ4v) is 4.13. The Kier molecular flexibility index (Phi) is 4.52. The molecule has 1 N–H and O–H groups in total. The highest BCUT2D eigenvalue weighted by molar-refractivity contribution is 7.15. The molecular formula is C16H27N3OS. The van der Waals surface area contributed by atoms with E-state index in [-0.39, 0.29) is 5.54 Å². The number of thiazole rings is 1. The molecule has 2 aliphatic rings. The second kappa shape index (κ2) is 6.23. The van der Waals surface area contributed by atoms with Crippen LogP contribution in [0.5, 0.6) is 0 Å². The fraction of sp³-hybridized carbons (Fsp3) is 0.812. The highest BCUT2D eigenvalue weighted by Gasteiger charge is 2.35. The molecule has 0 radical (unpaired) electrons. The first-order valence-electron chi connectivity index (χ1n) is 8.11. The Balaban J connectivity index is 1.67. The van der Waals surface area contributed by atoms with Crippen LogP contribution in [-0.4, -0.2) is 35.8 Å². The van der Waals surface area contributed by atoms with Crippen LogP contribution in [0.15, 0.2) is 6.20 Å². The molecule has 1 aliphatic heterocycles. The minimum Gasteiger partial charge on any atom is -0.374 e. The third kappa shape index (κ3) is 3.76. The van der Waals surface area contributed by atoms with Crippen LogP contribution in [0.25, 0.3) is 0 Å². The van der Waals surface area contributed by atoms with Gasteiger partial charge < -0.3 is 15.0 Å². The molecule has 0 bridgehead atoms. The zero-order valence-corrected chi connectivity index (χ0v) is 14.2. The molecule has 3 rings (SSSR count). The number of hydrogen-bond donors (Lipinski definition) is 1. The van der Waals surface area contributed by atoms with E-state index in [1.807, 2.05) is 17.5 Å². The molecule has 1 aromatic heterocycles. The summed E-state index contributed by atoms with van der Waals surface area (Å²) in [6, 6.07) is 0.544. The second-order valence-electron chi connectivity index (χ2n) is 7.17. The van der Waals surface area contributed by atoms with E-state index in [2.05, 4.69) is 36.0 Å². The Morgan fingerprint density at radius 1 is 1.38 bits per heavy atom. The third-order valence-corrected chi connectivity index (χ3v) is 5.35. The predicted octanol–water partition coefficient (Wildman–Crippen LogP) is 3.18. The van der Waals surface area contributed by atoms with Crippen molar-refractivity contribution < 1.29 is 4.74 Å². The molecule has 5 heteroatoms. The van der Waals surface area contributed by atoms with Gasteiger partial charge in [0, 0.05) is 29.7 Å². The van der Waals surface area contributed by atoms with Gasteiger partial charge in [0.2, 0.25) is 0 Å². The number of nitrogens with zero attached hydrogens (tertiary/aromatic N) is 2. The smallest absolute Gasteiger partial charge is 0.185 e. The molecule has 0 aromatic carbocycles. The summed E-state index contributed by atoms with van der Waals surface area (Å²) in [6.45, 7) is 9.33. The van der Waals surface area contributed by atoms with Crippen molar-refractivity contribution in [2.24, 2.45) is 0 Å². The van der Waals surface area contributed by atoms with Crippen molar-refractivity contribution in [1.29, 1.82) is 0 Å². The molecule has 21 heavy (non-hydrogen) atoms. The van der Waals surface area contributed by atoms with Gasteiger partial charge in [0.15, 0.2) is 5.13 Å². The SMILES string of the molecule is CC(C)(C)NCc1cnc(N2CCOC3CCCCC32)s1. The molecule has 1 aliphatic carbocycles. The molecule has 1 aromatic rings. The molecule has 2 fully saturated rings. The van der Waals surface area contributed by atoms with Crippen LogP contribution in [0.4, 0.5) is 5.13 Å². The van der Waals surface area contributed by atoms with E-state index < -0.39 is 0 Å². The van der Waals surface area contributed by atoms with Gasteiger partial charge in [-0.25, -0.2) is 4.98 Å². The number of anilines is 1. The standard InChI is InChI=1S/C16H27N3OS/c1-16(2,3)18-11-12-10-17-15(21-12)19-8-9-20-14-7-5-4-6-13(14)19/h10,13-14,18H,4-9,11H2,1-3H3. The average molecular weight is 309 g/mol. The van der Waals surface area contributed by atoms with Gasteiger partial charge in [-0.15, -0.1) is 11.3 Å². The molecule has 2 atom stereocenters. The second-order valence-corrected chi connectivity index (χ2v) is 8.26. The summed E-state index contributed by atoms with van der Waals surface area (Å²) >= 11 is 1.83. The highest BCUT2D eigenvalue weighted by Crippen LogP contribution is 2.34. The molecule has 0 spiro atoms. The van der Waals surface area contributed by atoms with Crippen molar-refractivity contribution in [2.45, 2.75) is 70.7 Å². The van der Waals surface area contributed by atoms with Crippen molar-refractivity contribution in [3.8, 4) is 0 Å². The zero-order valence-electron chi connectivity index (χ0n) is 13.4. The van der Waals surface area contributed by atoms with Gasteiger partial charge in [-0.05, 0) is 33.6 Å². The Morgan fingerprint density at radius 2 is 2.19 bits per heavy atom. The summed E-state index contributed by atoms with van der Waals surface area (Å²) in [5.74, 6) is 0. The number of nitrogens with one attached hydrogen (secondary N) is 1. The van der Waals surface area contributed by atoms with Gasteiger partial charge in [0.1, 0.15) is 0 Å². The number of rotatable bonds is 3. The maximum atomic E-state index is 5.96. The number of fused-ring (bicyclic) bond motifs is 1. The van der Waals surface area contributed by atoms with Crippen molar-refractivity contribution in [2.75, 3.05) is 18.1 Å². The summed E-state index contributed by atoms with van der Waals surface area (Å²) in [5.41, 5.74) is 0.150. The number of ether oxygens (including phenoxy) is 1. The largest absolute Gasteiger partial charge is 0.374 e. The first kappa shape index (κ1) is 15.3. The Bertz CT molecular complexity index is 466. The molecule has 2 heterocycles. The first-order chi connectivity index (χ1) is 10.0. The van der Waals surface area contributed by atoms with Crippen LogP contribution in [0.2, 0.25) is 0 Å². The monoisotopic (exact) mass is 309 g/mol. The maximum Gasteiger partial charge on any atom is 0.185 e. The lowest BCUT2D eigenvalue weighted by molar-refractivity contribution is -0.00868. The first-order valence-corrected chi connectivity index (χ1v) is 8.92. The van der Waals surface area contributed by atoms with Crippen molar-refractivity contribution >= 4 is 16.5 Å². The van der Waals surface area contributed by atoms with Gasteiger partial charge in [-0.2, -0.15) is 0 Å². The lowest BCUT2D eigenvalue weighted by Crippen LogP contribution is -2.52. The van der Waals surface area contributed by atoms with Crippen molar-refractivity contribution in [3.63, 3.8) is 0 Å². The third-order valence-electron chi connectivity index (χ3n) is 4.31. The van der Waals surface area contributed by atoms with E-state index in [0.29, 0.717) is 12.1 Å². The highest BCUT2D eigenvalue weighted by atomic mass is 32.1. The quantitative estimate of drug-likeness (QED) is 0.930. The Labute approximate surface area is 131 Å². The van der Waals surface area contributed by atoms with Gasteiger partial charge in [0.25, 0.3) is 0 Å². The van der Waals surface area contributed by atoms with E-state index >= 15 is 0 Å². The van der Waals surface area contributed by atoms with Gasteiger partial charge >= 0.3 is 0 Å². The maximum absolute atomic E-state index is 5.96. The van der Waals surface area contributed by atoms with E-state index in [1.165, 1.54) is 35.7 Å². The van der Waals surface area contributed by atoms with Gasteiger partial charge in [0.05, 0.1) is 18.8 Å². The van der Waals surface area contributed by atoms with Gasteiger partial charge in [-0.3, -0.25) is 0 Å². The summed E-state index contributed by atoms with van der Waals surface area (Å²) in [6.07, 6.45) is 7.56. The average Bonchev–Trinajstić information content (AvgIpc) is 2.92. The van der Waals surface area contributed by atoms with Gasteiger partial charge in [-0.1, -0.05) is 12.8 Å². The number of hydrogen-bond acceptors (Lipinski definition) is 5. The minimum absolute atomic E-state index is 0.150. The van der Waals surface area contributed by atoms with E-state index in [9.17, 15) is 0 Å². The molecule has 1 saturated carbocycles. The van der Waals surface area contributed by atoms with Crippen LogP contribution < -0.4 is 10.2 Å². The molecule has 1 saturated heterocycles. The van der Waals surface area contributed by atoms with Crippen LogP contribution in [-0.2, 0) is 11.3 Å². The molecule has 4 nitrogen and oxygen atoms in total. The molecule has 0 amide bonds. The fourth-order valence-electron chi connectivity index (χ4n) is 3.20. The van der Waals surface area contributed by atoms with Crippen LogP contribution in [0.1, 0.15) is 51.3 Å². The molecule has 118 valence electrons. The van der Waals surface area contributed by atoms with Crippen LogP contribution >= 0.6 is 11.3 Å². The van der Waals surface area contributed by atoms with Crippen molar-refractivity contribution in [1.82, 2.24) is 10.3 Å². The van der Waals surface area contributed by atoms with Crippen LogP contribution in [0, 0.1) is 0 Å². The lowest BCUT2D eigenvalue weighted by atomic mass is 9.90. The van der Waals surface area contributed by atoms with E-state index in [4.69, 9.17) is 4.74 Å². The zero-order chi connectivity index (χ0) is 14.9. The normalized spacial score (nSPS) is 26.7. The number of morpholine rings is 1. The predicted molar refractivity (Wildman–Crippen MR) is 88.0 cm³/mol. The topological polar surface area (TPSA) is 37.4 Å². The van der Waals surface area contributed by atoms with Crippen LogP contribution in [0.3, 0.4) is 0 Å². The minimum atomic E-state index is 0.150. The lowest BCUT2D eigenvalue weighted by Gasteiger charge is -2.43. The molecular weight excluding hydrogens is 282 g/mol. The molecule has 2 unspecified atom stereocenters. The van der Waals surface area contributed by atoms with E-state index in [0.717, 1.165) is 19.7 Å². The Morgan fingerprint density at radius 3 is 3.00 bits per heavy atom.